The first-order valence-corrected chi connectivity index (χ1v) is 7.39. The minimum atomic E-state index is -0.408. The predicted molar refractivity (Wildman–Crippen MR) is 76.8 cm³/mol. The van der Waals surface area contributed by atoms with Crippen LogP contribution in [0, 0.1) is 10.1 Å². The molecule has 1 N–H and O–H groups in total. The van der Waals surface area contributed by atoms with Crippen LogP contribution in [-0.4, -0.2) is 29.6 Å². The Bertz CT molecular complexity index is 448. The first kappa shape index (κ1) is 14.1. The molecule has 1 fully saturated rings. The van der Waals surface area contributed by atoms with Gasteiger partial charge in [0.1, 0.15) is 0 Å². The Kier molecular flexibility index (Phi) is 5.04. The maximum absolute atomic E-state index is 10.9. The Morgan fingerprint density at radius 3 is 3.05 bits per heavy atom. The topological polar surface area (TPSA) is 64.4 Å². The first-order valence-electron chi connectivity index (χ1n) is 6.34. The third-order valence-electron chi connectivity index (χ3n) is 3.17. The van der Waals surface area contributed by atoms with E-state index in [2.05, 4.69) is 5.32 Å². The molecule has 0 amide bonds. The van der Waals surface area contributed by atoms with E-state index in [0.717, 1.165) is 12.1 Å². The molecular weight excluding hydrogens is 264 g/mol. The van der Waals surface area contributed by atoms with Gasteiger partial charge in [0.15, 0.2) is 5.75 Å². The normalized spacial score (nSPS) is 18.5. The van der Waals surface area contributed by atoms with Gasteiger partial charge >= 0.3 is 5.69 Å². The lowest BCUT2D eigenvalue weighted by molar-refractivity contribution is -0.385. The van der Waals surface area contributed by atoms with E-state index < -0.39 is 4.92 Å². The van der Waals surface area contributed by atoms with Gasteiger partial charge < -0.3 is 10.1 Å². The molecule has 1 heterocycles. The van der Waals surface area contributed by atoms with Gasteiger partial charge in [-0.25, -0.2) is 0 Å². The molecule has 0 aromatic heterocycles. The summed E-state index contributed by atoms with van der Waals surface area (Å²) in [5, 5.41) is 15.0. The van der Waals surface area contributed by atoms with Gasteiger partial charge in [0.25, 0.3) is 0 Å². The molecule has 0 bridgehead atoms. The largest absolute Gasteiger partial charge is 0.490 e. The summed E-state index contributed by atoms with van der Waals surface area (Å²) in [7, 11) is 1.44. The van der Waals surface area contributed by atoms with Crippen LogP contribution in [0.2, 0.25) is 0 Å². The molecular formula is C13H18N2O3S. The molecule has 0 radical (unpaired) electrons. The van der Waals surface area contributed by atoms with Crippen LogP contribution >= 0.6 is 11.8 Å². The maximum atomic E-state index is 10.9. The standard InChI is InChI=1S/C13H18N2O3S/c1-18-13-5-4-10(7-12(13)15(16)17)8-14-9-11-3-2-6-19-11/h4-5,7,11,14H,2-3,6,8-9H2,1H3. The number of hydrogen-bond donors (Lipinski definition) is 1. The van der Waals surface area contributed by atoms with Crippen LogP contribution in [0.5, 0.6) is 5.75 Å². The molecule has 1 aliphatic heterocycles. The molecule has 1 aliphatic rings. The van der Waals surface area contributed by atoms with Gasteiger partial charge in [-0.3, -0.25) is 10.1 Å². The highest BCUT2D eigenvalue weighted by molar-refractivity contribution is 8.00. The third kappa shape index (κ3) is 3.84. The lowest BCUT2D eigenvalue weighted by atomic mass is 10.2. The van der Waals surface area contributed by atoms with Crippen molar-refractivity contribution >= 4 is 17.4 Å². The van der Waals surface area contributed by atoms with Crippen molar-refractivity contribution in [3.8, 4) is 5.75 Å². The van der Waals surface area contributed by atoms with Crippen molar-refractivity contribution in [2.75, 3.05) is 19.4 Å². The second kappa shape index (κ2) is 6.77. The summed E-state index contributed by atoms with van der Waals surface area (Å²) in [5.74, 6) is 1.56. The Balaban J connectivity index is 1.92. The molecule has 19 heavy (non-hydrogen) atoms. The second-order valence-corrected chi connectivity index (χ2v) is 5.94. The number of methoxy groups -OCH3 is 1. The number of nitrogens with zero attached hydrogens (tertiary/aromatic N) is 1. The lowest BCUT2D eigenvalue weighted by Gasteiger charge is -2.10. The van der Waals surface area contributed by atoms with Gasteiger partial charge in [0.05, 0.1) is 12.0 Å². The summed E-state index contributed by atoms with van der Waals surface area (Å²) in [6, 6.07) is 5.09. The van der Waals surface area contributed by atoms with E-state index in [0.29, 0.717) is 17.5 Å². The van der Waals surface area contributed by atoms with Crippen molar-refractivity contribution in [1.82, 2.24) is 5.32 Å². The van der Waals surface area contributed by atoms with Crippen LogP contribution < -0.4 is 10.1 Å². The minimum absolute atomic E-state index is 0.0250. The zero-order valence-electron chi connectivity index (χ0n) is 10.9. The Morgan fingerprint density at radius 1 is 1.58 bits per heavy atom. The van der Waals surface area contributed by atoms with E-state index in [1.54, 1.807) is 12.1 Å². The number of rotatable bonds is 6. The monoisotopic (exact) mass is 282 g/mol. The van der Waals surface area contributed by atoms with Crippen molar-refractivity contribution in [3.05, 3.63) is 33.9 Å². The van der Waals surface area contributed by atoms with Crippen molar-refractivity contribution < 1.29 is 9.66 Å². The Hall–Kier alpha value is -1.27. The van der Waals surface area contributed by atoms with Gasteiger partial charge in [-0.05, 0) is 30.2 Å². The summed E-state index contributed by atoms with van der Waals surface area (Å²) in [6.07, 6.45) is 2.56. The van der Waals surface area contributed by atoms with Gasteiger partial charge in [-0.1, -0.05) is 6.07 Å². The number of hydrogen-bond acceptors (Lipinski definition) is 5. The van der Waals surface area contributed by atoms with Crippen LogP contribution in [0.25, 0.3) is 0 Å². The number of benzene rings is 1. The van der Waals surface area contributed by atoms with Crippen LogP contribution in [-0.2, 0) is 6.54 Å². The van der Waals surface area contributed by atoms with E-state index in [1.807, 2.05) is 17.8 Å². The van der Waals surface area contributed by atoms with Crippen LogP contribution in [0.1, 0.15) is 18.4 Å². The molecule has 2 rings (SSSR count). The van der Waals surface area contributed by atoms with Gasteiger partial charge in [-0.2, -0.15) is 11.8 Å². The van der Waals surface area contributed by atoms with Crippen LogP contribution in [0.3, 0.4) is 0 Å². The van der Waals surface area contributed by atoms with E-state index in [-0.39, 0.29) is 5.69 Å². The zero-order valence-corrected chi connectivity index (χ0v) is 11.7. The highest BCUT2D eigenvalue weighted by Gasteiger charge is 2.16. The Morgan fingerprint density at radius 2 is 2.42 bits per heavy atom. The molecule has 0 aliphatic carbocycles. The third-order valence-corrected chi connectivity index (χ3v) is 4.56. The number of nitro groups is 1. The quantitative estimate of drug-likeness (QED) is 0.642. The molecule has 1 atom stereocenters. The minimum Gasteiger partial charge on any atom is -0.490 e. The summed E-state index contributed by atoms with van der Waals surface area (Å²) in [6.45, 7) is 1.62. The summed E-state index contributed by atoms with van der Waals surface area (Å²) in [5.41, 5.74) is 0.938. The van der Waals surface area contributed by atoms with Gasteiger partial charge in [0.2, 0.25) is 0 Å². The van der Waals surface area contributed by atoms with Crippen molar-refractivity contribution in [3.63, 3.8) is 0 Å². The SMILES string of the molecule is COc1ccc(CNCC2CCCS2)cc1[N+](=O)[O-]. The summed E-state index contributed by atoms with van der Waals surface area (Å²) < 4.78 is 4.98. The number of nitro benzene ring substituents is 1. The van der Waals surface area contributed by atoms with E-state index in [4.69, 9.17) is 4.74 Å². The lowest BCUT2D eigenvalue weighted by Crippen LogP contribution is -2.22. The average molecular weight is 282 g/mol. The molecule has 6 heteroatoms. The van der Waals surface area contributed by atoms with E-state index in [9.17, 15) is 10.1 Å². The number of thioether (sulfide) groups is 1. The van der Waals surface area contributed by atoms with E-state index >= 15 is 0 Å². The number of ether oxygens (including phenoxy) is 1. The fourth-order valence-corrected chi connectivity index (χ4v) is 3.41. The summed E-state index contributed by atoms with van der Waals surface area (Å²) >= 11 is 2.00. The van der Waals surface area contributed by atoms with E-state index in [1.165, 1.54) is 25.7 Å². The van der Waals surface area contributed by atoms with Crippen molar-refractivity contribution in [2.24, 2.45) is 0 Å². The van der Waals surface area contributed by atoms with Gasteiger partial charge in [-0.15, -0.1) is 0 Å². The molecule has 0 spiro atoms. The fourth-order valence-electron chi connectivity index (χ4n) is 2.17. The molecule has 1 aromatic rings. The highest BCUT2D eigenvalue weighted by Crippen LogP contribution is 2.28. The fraction of sp³-hybridized carbons (Fsp3) is 0.538. The molecule has 1 aromatic carbocycles. The average Bonchev–Trinajstić information content (AvgIpc) is 2.91. The Labute approximate surface area is 116 Å². The first-order chi connectivity index (χ1) is 9.20. The zero-order chi connectivity index (χ0) is 13.7. The summed E-state index contributed by atoms with van der Waals surface area (Å²) in [4.78, 5) is 10.5. The van der Waals surface area contributed by atoms with Gasteiger partial charge in [0, 0.05) is 24.4 Å². The molecule has 1 unspecified atom stereocenters. The number of nitrogens with one attached hydrogen (secondary N) is 1. The molecule has 0 saturated carbocycles. The maximum Gasteiger partial charge on any atom is 0.311 e. The molecule has 5 nitrogen and oxygen atoms in total. The second-order valence-electron chi connectivity index (χ2n) is 4.53. The highest BCUT2D eigenvalue weighted by atomic mass is 32.2. The van der Waals surface area contributed by atoms with Crippen molar-refractivity contribution in [2.45, 2.75) is 24.6 Å². The van der Waals surface area contributed by atoms with Crippen LogP contribution in [0.4, 0.5) is 5.69 Å². The van der Waals surface area contributed by atoms with Crippen LogP contribution in [0.15, 0.2) is 18.2 Å². The molecule has 1 saturated heterocycles. The smallest absolute Gasteiger partial charge is 0.311 e. The molecule has 104 valence electrons. The predicted octanol–water partition coefficient (Wildman–Crippen LogP) is 2.59. The van der Waals surface area contributed by atoms with Crippen molar-refractivity contribution in [1.29, 1.82) is 0 Å².